The summed E-state index contributed by atoms with van der Waals surface area (Å²) in [4.78, 5) is 0. The maximum absolute atomic E-state index is 5.49. The third kappa shape index (κ3) is 6.39. The second-order valence-corrected chi connectivity index (χ2v) is 5.05. The lowest BCUT2D eigenvalue weighted by atomic mass is 9.71. The van der Waals surface area contributed by atoms with E-state index in [1.165, 1.54) is 45.2 Å². The standard InChI is InChI=1S/C14H29NO2/c1-3-8-15-12-14-7-6-13(14)5-4-9-17-11-10-16-2/h13-15H,3-12H2,1-2H3. The number of ether oxygens (including phenoxy) is 2. The highest BCUT2D eigenvalue weighted by Gasteiger charge is 2.29. The van der Waals surface area contributed by atoms with Crippen LogP contribution in [0.5, 0.6) is 0 Å². The average molecular weight is 243 g/mol. The predicted octanol–water partition coefficient (Wildman–Crippen LogP) is 2.46. The fourth-order valence-corrected chi connectivity index (χ4v) is 2.44. The molecule has 3 nitrogen and oxygen atoms in total. The summed E-state index contributed by atoms with van der Waals surface area (Å²) in [5.74, 6) is 1.88. The van der Waals surface area contributed by atoms with Gasteiger partial charge in [0.25, 0.3) is 0 Å². The number of hydrogen-bond acceptors (Lipinski definition) is 3. The van der Waals surface area contributed by atoms with Crippen molar-refractivity contribution in [1.82, 2.24) is 5.32 Å². The van der Waals surface area contributed by atoms with Crippen LogP contribution in [0.3, 0.4) is 0 Å². The number of rotatable bonds is 11. The molecule has 0 spiro atoms. The van der Waals surface area contributed by atoms with Gasteiger partial charge in [-0.15, -0.1) is 0 Å². The van der Waals surface area contributed by atoms with Crippen LogP contribution in [-0.4, -0.2) is 40.0 Å². The highest BCUT2D eigenvalue weighted by molar-refractivity contribution is 4.82. The molecule has 0 aromatic heterocycles. The molecule has 102 valence electrons. The summed E-state index contributed by atoms with van der Waals surface area (Å²) >= 11 is 0. The average Bonchev–Trinajstić information content (AvgIpc) is 2.32. The largest absolute Gasteiger partial charge is 0.382 e. The SMILES string of the molecule is CCCNCC1CCC1CCCOCCOC. The van der Waals surface area contributed by atoms with Crippen molar-refractivity contribution in [2.45, 2.75) is 39.0 Å². The molecule has 1 rings (SSSR count). The molecular weight excluding hydrogens is 214 g/mol. The van der Waals surface area contributed by atoms with Gasteiger partial charge in [0.1, 0.15) is 0 Å². The van der Waals surface area contributed by atoms with Gasteiger partial charge in [-0.3, -0.25) is 0 Å². The van der Waals surface area contributed by atoms with E-state index < -0.39 is 0 Å². The lowest BCUT2D eigenvalue weighted by molar-refractivity contribution is 0.0610. The van der Waals surface area contributed by atoms with Crippen LogP contribution in [0, 0.1) is 11.8 Å². The summed E-state index contributed by atoms with van der Waals surface area (Å²) in [5, 5.41) is 3.54. The van der Waals surface area contributed by atoms with Crippen LogP contribution >= 0.6 is 0 Å². The monoisotopic (exact) mass is 243 g/mol. The Bertz CT molecular complexity index is 176. The van der Waals surface area contributed by atoms with Crippen LogP contribution in [0.15, 0.2) is 0 Å². The molecule has 1 saturated carbocycles. The Kier molecular flexibility index (Phi) is 8.67. The van der Waals surface area contributed by atoms with E-state index in [9.17, 15) is 0 Å². The van der Waals surface area contributed by atoms with E-state index >= 15 is 0 Å². The molecule has 2 atom stereocenters. The van der Waals surface area contributed by atoms with Crippen LogP contribution in [0.2, 0.25) is 0 Å². The van der Waals surface area contributed by atoms with Gasteiger partial charge in [-0.2, -0.15) is 0 Å². The van der Waals surface area contributed by atoms with E-state index in [-0.39, 0.29) is 0 Å². The Morgan fingerprint density at radius 2 is 1.94 bits per heavy atom. The van der Waals surface area contributed by atoms with Crippen LogP contribution < -0.4 is 5.32 Å². The lowest BCUT2D eigenvalue weighted by Crippen LogP contribution is -2.35. The Hall–Kier alpha value is -0.120. The van der Waals surface area contributed by atoms with Gasteiger partial charge in [-0.25, -0.2) is 0 Å². The summed E-state index contributed by atoms with van der Waals surface area (Å²) < 4.78 is 10.4. The first-order chi connectivity index (χ1) is 8.38. The zero-order valence-corrected chi connectivity index (χ0v) is 11.5. The molecule has 3 heteroatoms. The van der Waals surface area contributed by atoms with Gasteiger partial charge in [0.15, 0.2) is 0 Å². The van der Waals surface area contributed by atoms with E-state index in [1.807, 2.05) is 0 Å². The molecule has 0 amide bonds. The molecule has 0 radical (unpaired) electrons. The summed E-state index contributed by atoms with van der Waals surface area (Å²) in [7, 11) is 1.71. The zero-order chi connectivity index (χ0) is 12.3. The van der Waals surface area contributed by atoms with Crippen LogP contribution in [0.25, 0.3) is 0 Å². The molecule has 17 heavy (non-hydrogen) atoms. The normalized spacial score (nSPS) is 23.6. The van der Waals surface area contributed by atoms with Crippen molar-refractivity contribution in [3.63, 3.8) is 0 Å². The Morgan fingerprint density at radius 1 is 1.12 bits per heavy atom. The fraction of sp³-hybridized carbons (Fsp3) is 1.00. The second kappa shape index (κ2) is 9.86. The van der Waals surface area contributed by atoms with Crippen LogP contribution in [0.4, 0.5) is 0 Å². The van der Waals surface area contributed by atoms with Crippen molar-refractivity contribution in [3.05, 3.63) is 0 Å². The highest BCUT2D eigenvalue weighted by Crippen LogP contribution is 2.36. The van der Waals surface area contributed by atoms with E-state index in [2.05, 4.69) is 12.2 Å². The Balaban J connectivity index is 1.89. The van der Waals surface area contributed by atoms with Gasteiger partial charge in [0.2, 0.25) is 0 Å². The van der Waals surface area contributed by atoms with Gasteiger partial charge < -0.3 is 14.8 Å². The Morgan fingerprint density at radius 3 is 2.59 bits per heavy atom. The maximum Gasteiger partial charge on any atom is 0.0700 e. The van der Waals surface area contributed by atoms with Crippen LogP contribution in [-0.2, 0) is 9.47 Å². The first kappa shape index (κ1) is 14.9. The molecule has 1 aliphatic carbocycles. The maximum atomic E-state index is 5.49. The number of hydrogen-bond donors (Lipinski definition) is 1. The third-order valence-electron chi connectivity index (χ3n) is 3.70. The van der Waals surface area contributed by atoms with Crippen molar-refractivity contribution in [2.75, 3.05) is 40.0 Å². The van der Waals surface area contributed by atoms with E-state index in [1.54, 1.807) is 7.11 Å². The van der Waals surface area contributed by atoms with E-state index in [0.29, 0.717) is 6.61 Å². The number of nitrogens with one attached hydrogen (secondary N) is 1. The molecule has 1 N–H and O–H groups in total. The highest BCUT2D eigenvalue weighted by atomic mass is 16.5. The molecule has 0 bridgehead atoms. The molecule has 0 aromatic carbocycles. The van der Waals surface area contributed by atoms with Gasteiger partial charge in [-0.1, -0.05) is 6.92 Å². The first-order valence-corrected chi connectivity index (χ1v) is 7.15. The fourth-order valence-electron chi connectivity index (χ4n) is 2.44. The smallest absolute Gasteiger partial charge is 0.0700 e. The Labute approximate surface area is 106 Å². The summed E-state index contributed by atoms with van der Waals surface area (Å²) in [6, 6.07) is 0. The molecule has 0 saturated heterocycles. The van der Waals surface area contributed by atoms with Crippen molar-refractivity contribution in [3.8, 4) is 0 Å². The summed E-state index contributed by atoms with van der Waals surface area (Å²) in [6.45, 7) is 6.97. The first-order valence-electron chi connectivity index (χ1n) is 7.15. The van der Waals surface area contributed by atoms with Gasteiger partial charge in [0, 0.05) is 13.7 Å². The van der Waals surface area contributed by atoms with Crippen LogP contribution in [0.1, 0.15) is 39.0 Å². The summed E-state index contributed by atoms with van der Waals surface area (Å²) in [5.41, 5.74) is 0. The topological polar surface area (TPSA) is 30.5 Å². The predicted molar refractivity (Wildman–Crippen MR) is 71.3 cm³/mol. The van der Waals surface area contributed by atoms with E-state index in [0.717, 1.165) is 25.0 Å². The van der Waals surface area contributed by atoms with Gasteiger partial charge in [0.05, 0.1) is 13.2 Å². The minimum absolute atomic E-state index is 0.715. The second-order valence-electron chi connectivity index (χ2n) is 5.05. The van der Waals surface area contributed by atoms with Crippen molar-refractivity contribution in [1.29, 1.82) is 0 Å². The molecule has 0 aromatic rings. The minimum Gasteiger partial charge on any atom is -0.382 e. The molecule has 1 aliphatic rings. The molecular formula is C14H29NO2. The summed E-state index contributed by atoms with van der Waals surface area (Å²) in [6.07, 6.45) is 6.64. The van der Waals surface area contributed by atoms with Gasteiger partial charge in [-0.05, 0) is 57.0 Å². The molecule has 0 heterocycles. The van der Waals surface area contributed by atoms with Crippen molar-refractivity contribution in [2.24, 2.45) is 11.8 Å². The zero-order valence-electron chi connectivity index (χ0n) is 11.5. The van der Waals surface area contributed by atoms with E-state index in [4.69, 9.17) is 9.47 Å². The molecule has 1 fully saturated rings. The molecule has 0 aliphatic heterocycles. The third-order valence-corrected chi connectivity index (χ3v) is 3.70. The lowest BCUT2D eigenvalue weighted by Gasteiger charge is -2.37. The van der Waals surface area contributed by atoms with Gasteiger partial charge >= 0.3 is 0 Å². The minimum atomic E-state index is 0.715. The molecule has 2 unspecified atom stereocenters. The number of methoxy groups -OCH3 is 1. The van der Waals surface area contributed by atoms with Crippen molar-refractivity contribution >= 4 is 0 Å². The quantitative estimate of drug-likeness (QED) is 0.565. The van der Waals surface area contributed by atoms with Crippen molar-refractivity contribution < 1.29 is 9.47 Å².